The van der Waals surface area contributed by atoms with Gasteiger partial charge in [0.15, 0.2) is 0 Å². The molecule has 34 heavy (non-hydrogen) atoms. The van der Waals surface area contributed by atoms with Crippen molar-refractivity contribution in [2.45, 2.75) is 18.6 Å². The zero-order valence-corrected chi connectivity index (χ0v) is 18.8. The fourth-order valence-corrected chi connectivity index (χ4v) is 5.63. The van der Waals surface area contributed by atoms with Crippen molar-refractivity contribution in [1.29, 1.82) is 0 Å². The molecule has 2 saturated heterocycles. The number of hydrogen-bond acceptors (Lipinski definition) is 5. The number of fused-ring (bicyclic) bond motifs is 3. The highest BCUT2D eigenvalue weighted by molar-refractivity contribution is 6.37. The standard InChI is InChI=1S/C27H18ClNO5/c1-14-9-11-15(12-10-14)22-20-21(26(33)29(25(20)32)17-6-4-5-16(28)13-17)27(34-22)23(30)18-7-2-3-8-19(18)24(27)31/h2-13,20-22H,1H3/t20-,21+,22-/m0/s1. The first-order valence-electron chi connectivity index (χ1n) is 10.9. The molecule has 0 unspecified atom stereocenters. The molecule has 2 heterocycles. The number of ether oxygens (including phenoxy) is 1. The van der Waals surface area contributed by atoms with E-state index in [1.54, 1.807) is 54.6 Å². The maximum absolute atomic E-state index is 13.8. The van der Waals surface area contributed by atoms with Crippen LogP contribution in [0.1, 0.15) is 37.9 Å². The summed E-state index contributed by atoms with van der Waals surface area (Å²) in [6.07, 6.45) is -0.937. The van der Waals surface area contributed by atoms with Crippen molar-refractivity contribution in [3.8, 4) is 0 Å². The molecule has 6 nitrogen and oxygen atoms in total. The van der Waals surface area contributed by atoms with E-state index in [4.69, 9.17) is 16.3 Å². The lowest BCUT2D eigenvalue weighted by atomic mass is 9.77. The van der Waals surface area contributed by atoms with Crippen molar-refractivity contribution >= 4 is 40.7 Å². The van der Waals surface area contributed by atoms with Crippen molar-refractivity contribution < 1.29 is 23.9 Å². The maximum Gasteiger partial charge on any atom is 0.241 e. The van der Waals surface area contributed by atoms with Gasteiger partial charge in [-0.05, 0) is 30.7 Å². The van der Waals surface area contributed by atoms with Gasteiger partial charge < -0.3 is 4.74 Å². The Hall–Kier alpha value is -3.61. The molecule has 3 atom stereocenters. The lowest BCUT2D eigenvalue weighted by Gasteiger charge is -2.27. The molecule has 0 bridgehead atoms. The molecule has 6 rings (SSSR count). The normalized spacial score (nSPS) is 24.8. The predicted molar refractivity (Wildman–Crippen MR) is 124 cm³/mol. The third-order valence-electron chi connectivity index (χ3n) is 6.99. The highest BCUT2D eigenvalue weighted by Crippen LogP contribution is 2.57. The van der Waals surface area contributed by atoms with E-state index in [9.17, 15) is 19.2 Å². The summed E-state index contributed by atoms with van der Waals surface area (Å²) in [7, 11) is 0. The van der Waals surface area contributed by atoms with E-state index in [-0.39, 0.29) is 11.1 Å². The SMILES string of the molecule is Cc1ccc([C@@H]2OC3(C(=O)c4ccccc4C3=O)[C@H]3C(=O)N(c4cccc(Cl)c4)C(=O)[C@H]23)cc1. The largest absolute Gasteiger partial charge is 0.349 e. The molecule has 3 aromatic rings. The molecule has 2 fully saturated rings. The molecule has 2 aliphatic heterocycles. The van der Waals surface area contributed by atoms with Crippen LogP contribution in [0.15, 0.2) is 72.8 Å². The molecule has 0 saturated carbocycles. The van der Waals surface area contributed by atoms with E-state index in [1.165, 1.54) is 6.07 Å². The van der Waals surface area contributed by atoms with Crippen molar-refractivity contribution in [3.05, 3.63) is 100 Å². The second-order valence-corrected chi connectivity index (χ2v) is 9.32. The van der Waals surface area contributed by atoms with Crippen molar-refractivity contribution in [2.24, 2.45) is 11.8 Å². The van der Waals surface area contributed by atoms with E-state index in [0.717, 1.165) is 10.5 Å². The summed E-state index contributed by atoms with van der Waals surface area (Å²) in [5, 5.41) is 0.358. The number of imide groups is 1. The van der Waals surface area contributed by atoms with E-state index in [1.807, 2.05) is 19.1 Å². The first-order chi connectivity index (χ1) is 16.3. The number of nitrogens with zero attached hydrogens (tertiary/aromatic N) is 1. The number of carbonyl (C=O) groups excluding carboxylic acids is 4. The van der Waals surface area contributed by atoms with Gasteiger partial charge in [0.05, 0.1) is 23.6 Å². The van der Waals surface area contributed by atoms with Gasteiger partial charge in [-0.2, -0.15) is 0 Å². The number of rotatable bonds is 2. The van der Waals surface area contributed by atoms with Crippen LogP contribution >= 0.6 is 11.6 Å². The summed E-state index contributed by atoms with van der Waals surface area (Å²) in [5.41, 5.74) is 0.259. The first kappa shape index (κ1) is 21.0. The van der Waals surface area contributed by atoms with Crippen LogP contribution in [0.5, 0.6) is 0 Å². The summed E-state index contributed by atoms with van der Waals surface area (Å²) in [4.78, 5) is 56.0. The average molecular weight is 472 g/mol. The monoisotopic (exact) mass is 471 g/mol. The molecule has 7 heteroatoms. The number of ketones is 2. The fraction of sp³-hybridized carbons (Fsp3) is 0.185. The molecule has 2 amide bonds. The Morgan fingerprint density at radius 3 is 2.09 bits per heavy atom. The Balaban J connectivity index is 1.55. The second-order valence-electron chi connectivity index (χ2n) is 8.88. The third kappa shape index (κ3) is 2.61. The van der Waals surface area contributed by atoms with Crippen LogP contribution in [0.2, 0.25) is 5.02 Å². The van der Waals surface area contributed by atoms with Crippen LogP contribution in [0, 0.1) is 18.8 Å². The number of amides is 2. The van der Waals surface area contributed by atoms with E-state index >= 15 is 0 Å². The Morgan fingerprint density at radius 2 is 1.47 bits per heavy atom. The fourth-order valence-electron chi connectivity index (χ4n) is 5.44. The number of halogens is 1. The van der Waals surface area contributed by atoms with Crippen LogP contribution < -0.4 is 4.90 Å². The summed E-state index contributed by atoms with van der Waals surface area (Å²) < 4.78 is 6.27. The van der Waals surface area contributed by atoms with Crippen LogP contribution in [-0.2, 0) is 14.3 Å². The molecule has 1 aliphatic carbocycles. The minimum Gasteiger partial charge on any atom is -0.349 e. The molecule has 1 spiro atoms. The molecule has 0 radical (unpaired) electrons. The van der Waals surface area contributed by atoms with Gasteiger partial charge in [-0.3, -0.25) is 19.2 Å². The molecule has 3 aromatic carbocycles. The van der Waals surface area contributed by atoms with Gasteiger partial charge in [-0.15, -0.1) is 0 Å². The molecule has 0 N–H and O–H groups in total. The third-order valence-corrected chi connectivity index (χ3v) is 7.23. The summed E-state index contributed by atoms with van der Waals surface area (Å²) in [5.74, 6) is -4.62. The molecule has 0 aromatic heterocycles. The van der Waals surface area contributed by atoms with Crippen LogP contribution in [0.3, 0.4) is 0 Å². The second kappa shape index (κ2) is 7.19. The Kier molecular flexibility index (Phi) is 4.43. The first-order valence-corrected chi connectivity index (χ1v) is 11.3. The average Bonchev–Trinajstić information content (AvgIpc) is 3.40. The van der Waals surface area contributed by atoms with Gasteiger partial charge in [-0.25, -0.2) is 4.90 Å². The minimum atomic E-state index is -2.08. The van der Waals surface area contributed by atoms with E-state index < -0.39 is 46.9 Å². The van der Waals surface area contributed by atoms with Gasteiger partial charge in [-0.1, -0.05) is 71.8 Å². The van der Waals surface area contributed by atoms with Crippen molar-refractivity contribution in [3.63, 3.8) is 0 Å². The molecule has 168 valence electrons. The van der Waals surface area contributed by atoms with Crippen LogP contribution in [-0.4, -0.2) is 29.0 Å². The lowest BCUT2D eigenvalue weighted by molar-refractivity contribution is -0.127. The van der Waals surface area contributed by atoms with Crippen LogP contribution in [0.4, 0.5) is 5.69 Å². The van der Waals surface area contributed by atoms with Crippen molar-refractivity contribution in [1.82, 2.24) is 0 Å². The summed E-state index contributed by atoms with van der Waals surface area (Å²) >= 11 is 6.12. The number of anilines is 1. The predicted octanol–water partition coefficient (Wildman–Crippen LogP) is 4.34. The zero-order valence-electron chi connectivity index (χ0n) is 18.0. The molecular formula is C27H18ClNO5. The Labute approximate surface area is 200 Å². The molecular weight excluding hydrogens is 454 g/mol. The Morgan fingerprint density at radius 1 is 0.824 bits per heavy atom. The van der Waals surface area contributed by atoms with Gasteiger partial charge in [0.25, 0.3) is 0 Å². The number of carbonyl (C=O) groups is 4. The zero-order chi connectivity index (χ0) is 23.8. The number of benzene rings is 3. The lowest BCUT2D eigenvalue weighted by Crippen LogP contribution is -2.51. The number of hydrogen-bond donors (Lipinski definition) is 0. The van der Waals surface area contributed by atoms with Gasteiger partial charge in [0.1, 0.15) is 0 Å². The molecule has 3 aliphatic rings. The van der Waals surface area contributed by atoms with Crippen LogP contribution in [0.25, 0.3) is 0 Å². The topological polar surface area (TPSA) is 80.8 Å². The van der Waals surface area contributed by atoms with Gasteiger partial charge in [0, 0.05) is 16.1 Å². The minimum absolute atomic E-state index is 0.206. The highest BCUT2D eigenvalue weighted by Gasteiger charge is 2.74. The smallest absolute Gasteiger partial charge is 0.241 e. The number of aryl methyl sites for hydroxylation is 1. The number of Topliss-reactive ketones (excluding diaryl/α,β-unsaturated/α-hetero) is 2. The van der Waals surface area contributed by atoms with E-state index in [2.05, 4.69) is 0 Å². The quantitative estimate of drug-likeness (QED) is 0.410. The van der Waals surface area contributed by atoms with Crippen molar-refractivity contribution in [2.75, 3.05) is 4.90 Å². The highest BCUT2D eigenvalue weighted by atomic mass is 35.5. The summed E-state index contributed by atoms with van der Waals surface area (Å²) in [6.45, 7) is 1.93. The maximum atomic E-state index is 13.8. The van der Waals surface area contributed by atoms with Gasteiger partial charge in [0.2, 0.25) is 29.0 Å². The van der Waals surface area contributed by atoms with Gasteiger partial charge >= 0.3 is 0 Å². The van der Waals surface area contributed by atoms with E-state index in [0.29, 0.717) is 16.3 Å². The summed E-state index contributed by atoms with van der Waals surface area (Å²) in [6, 6.07) is 20.1. The Bertz CT molecular complexity index is 1380.